The van der Waals surface area contributed by atoms with Crippen molar-refractivity contribution in [1.29, 1.82) is 0 Å². The Hall–Kier alpha value is -3.26. The molecule has 0 unspecified atom stereocenters. The number of nitro benzene ring substituents is 1. The molecule has 0 amide bonds. The predicted octanol–water partition coefficient (Wildman–Crippen LogP) is 2.41. The zero-order valence-electron chi connectivity index (χ0n) is 11.9. The van der Waals surface area contributed by atoms with Crippen molar-refractivity contribution in [3.05, 3.63) is 84.7 Å². The minimum absolute atomic E-state index is 0.154. The van der Waals surface area contributed by atoms with Crippen LogP contribution < -0.4 is 11.4 Å². The summed E-state index contributed by atoms with van der Waals surface area (Å²) in [5, 5.41) is 11.2. The van der Waals surface area contributed by atoms with Gasteiger partial charge < -0.3 is 4.42 Å². The predicted molar refractivity (Wildman–Crippen MR) is 85.5 cm³/mol. The van der Waals surface area contributed by atoms with E-state index >= 15 is 0 Å². The first-order valence-corrected chi connectivity index (χ1v) is 6.98. The lowest BCUT2D eigenvalue weighted by Gasteiger charge is -2.04. The quantitative estimate of drug-likeness (QED) is 0.532. The van der Waals surface area contributed by atoms with E-state index in [0.717, 1.165) is 10.6 Å². The van der Waals surface area contributed by atoms with Gasteiger partial charge in [0, 0.05) is 22.7 Å². The summed E-state index contributed by atoms with van der Waals surface area (Å²) >= 11 is 5.76. The molecule has 0 aliphatic rings. The Bertz CT molecular complexity index is 1010. The first-order chi connectivity index (χ1) is 11.5. The van der Waals surface area contributed by atoms with Crippen LogP contribution in [-0.4, -0.2) is 14.5 Å². The van der Waals surface area contributed by atoms with Crippen molar-refractivity contribution >= 4 is 17.3 Å². The number of nitrogens with zero attached hydrogens (tertiary/aromatic N) is 3. The largest absolute Gasteiger partial charge is 0.429 e. The molecule has 0 aliphatic heterocycles. The fraction of sp³-hybridized carbons (Fsp3) is 0. The summed E-state index contributed by atoms with van der Waals surface area (Å²) in [6, 6.07) is 11.2. The number of hydrogen-bond acceptors (Lipinski definition) is 6. The highest BCUT2D eigenvalue weighted by atomic mass is 35.5. The van der Waals surface area contributed by atoms with E-state index in [2.05, 4.69) is 4.98 Å². The molecule has 0 saturated heterocycles. The van der Waals surface area contributed by atoms with Crippen molar-refractivity contribution in [2.45, 2.75) is 0 Å². The molecule has 120 valence electrons. The van der Waals surface area contributed by atoms with Crippen LogP contribution in [0.25, 0.3) is 17.1 Å². The van der Waals surface area contributed by atoms with Crippen LogP contribution >= 0.6 is 11.6 Å². The van der Waals surface area contributed by atoms with E-state index in [4.69, 9.17) is 16.0 Å². The van der Waals surface area contributed by atoms with Gasteiger partial charge in [-0.25, -0.2) is 9.59 Å². The van der Waals surface area contributed by atoms with Crippen molar-refractivity contribution < 1.29 is 9.34 Å². The van der Waals surface area contributed by atoms with E-state index in [9.17, 15) is 19.7 Å². The van der Waals surface area contributed by atoms with Crippen molar-refractivity contribution in [3.8, 4) is 17.1 Å². The molecule has 3 aromatic rings. The summed E-state index contributed by atoms with van der Waals surface area (Å²) < 4.78 is 5.77. The highest BCUT2D eigenvalue weighted by Gasteiger charge is 2.14. The van der Waals surface area contributed by atoms with Crippen LogP contribution in [0.2, 0.25) is 5.02 Å². The van der Waals surface area contributed by atoms with Crippen LogP contribution in [0.3, 0.4) is 0 Å². The standard InChI is InChI=1S/C15H8ClN3O5/c16-10-4-6-11(7-5-10)18-14(20)17-13(24-15(18)21)9-2-1-3-12(8-9)19(22)23/h1-8H. The summed E-state index contributed by atoms with van der Waals surface area (Å²) in [6.07, 6.45) is 0. The van der Waals surface area contributed by atoms with Crippen molar-refractivity contribution in [2.75, 3.05) is 0 Å². The monoisotopic (exact) mass is 345 g/mol. The van der Waals surface area contributed by atoms with Gasteiger partial charge in [-0.05, 0) is 30.3 Å². The molecule has 1 aromatic heterocycles. The molecule has 2 aromatic carbocycles. The third kappa shape index (κ3) is 2.95. The van der Waals surface area contributed by atoms with Crippen molar-refractivity contribution in [1.82, 2.24) is 9.55 Å². The Morgan fingerprint density at radius 3 is 2.46 bits per heavy atom. The molecule has 0 bridgehead atoms. The molecule has 0 saturated carbocycles. The normalized spacial score (nSPS) is 10.5. The number of hydrogen-bond donors (Lipinski definition) is 0. The van der Waals surface area contributed by atoms with Crippen LogP contribution in [0.4, 0.5) is 5.69 Å². The van der Waals surface area contributed by atoms with Crippen LogP contribution in [-0.2, 0) is 0 Å². The summed E-state index contributed by atoms with van der Waals surface area (Å²) in [7, 11) is 0. The van der Waals surface area contributed by atoms with E-state index < -0.39 is 16.4 Å². The van der Waals surface area contributed by atoms with Crippen LogP contribution in [0, 0.1) is 10.1 Å². The third-order valence-corrected chi connectivity index (χ3v) is 3.40. The van der Waals surface area contributed by atoms with Gasteiger partial charge in [0.2, 0.25) is 5.89 Å². The summed E-state index contributed by atoms with van der Waals surface area (Å²) in [4.78, 5) is 38.2. The smallest absolute Gasteiger partial charge is 0.390 e. The Morgan fingerprint density at radius 2 is 1.83 bits per heavy atom. The van der Waals surface area contributed by atoms with Crippen molar-refractivity contribution in [3.63, 3.8) is 0 Å². The van der Waals surface area contributed by atoms with Gasteiger partial charge in [-0.15, -0.1) is 0 Å². The fourth-order valence-corrected chi connectivity index (χ4v) is 2.17. The van der Waals surface area contributed by atoms with Gasteiger partial charge in [-0.1, -0.05) is 17.7 Å². The average Bonchev–Trinajstić information content (AvgIpc) is 2.56. The molecule has 8 nitrogen and oxygen atoms in total. The lowest BCUT2D eigenvalue weighted by molar-refractivity contribution is -0.384. The Labute approximate surface area is 138 Å². The van der Waals surface area contributed by atoms with Gasteiger partial charge in [-0.3, -0.25) is 10.1 Å². The van der Waals surface area contributed by atoms with Gasteiger partial charge in [0.05, 0.1) is 10.6 Å². The summed E-state index contributed by atoms with van der Waals surface area (Å²) in [5.41, 5.74) is -0.674. The molecule has 0 radical (unpaired) electrons. The van der Waals surface area contributed by atoms with E-state index in [1.807, 2.05) is 0 Å². The second kappa shape index (κ2) is 6.09. The second-order valence-electron chi connectivity index (χ2n) is 4.69. The SMILES string of the molecule is O=c1nc(-c2cccc([N+](=O)[O-])c2)oc(=O)n1-c1ccc(Cl)cc1. The van der Waals surface area contributed by atoms with Crippen LogP contribution in [0.1, 0.15) is 0 Å². The Balaban J connectivity index is 2.13. The molecule has 9 heteroatoms. The number of halogens is 1. The zero-order chi connectivity index (χ0) is 17.3. The minimum atomic E-state index is -0.959. The molecule has 1 heterocycles. The minimum Gasteiger partial charge on any atom is -0.390 e. The molecular formula is C15H8ClN3O5. The topological polar surface area (TPSA) is 108 Å². The Morgan fingerprint density at radius 1 is 1.12 bits per heavy atom. The van der Waals surface area contributed by atoms with Gasteiger partial charge in [0.15, 0.2) is 0 Å². The Kier molecular flexibility index (Phi) is 3.97. The molecule has 0 spiro atoms. The maximum Gasteiger partial charge on any atom is 0.429 e. The number of rotatable bonds is 3. The summed E-state index contributed by atoms with van der Waals surface area (Å²) in [6.45, 7) is 0. The highest BCUT2D eigenvalue weighted by Crippen LogP contribution is 2.20. The van der Waals surface area contributed by atoms with E-state index in [1.54, 1.807) is 0 Å². The van der Waals surface area contributed by atoms with Gasteiger partial charge in [0.25, 0.3) is 5.69 Å². The summed E-state index contributed by atoms with van der Waals surface area (Å²) in [5.74, 6) is -1.25. The number of nitro groups is 1. The molecule has 0 N–H and O–H groups in total. The lowest BCUT2D eigenvalue weighted by atomic mass is 10.2. The van der Waals surface area contributed by atoms with Crippen LogP contribution in [0.5, 0.6) is 0 Å². The van der Waals surface area contributed by atoms with Crippen molar-refractivity contribution in [2.24, 2.45) is 0 Å². The highest BCUT2D eigenvalue weighted by molar-refractivity contribution is 6.30. The average molecular weight is 346 g/mol. The second-order valence-corrected chi connectivity index (χ2v) is 5.12. The fourth-order valence-electron chi connectivity index (χ4n) is 2.05. The third-order valence-electron chi connectivity index (χ3n) is 3.14. The molecule has 0 fully saturated rings. The molecule has 3 rings (SSSR count). The maximum absolute atomic E-state index is 12.2. The molecular weight excluding hydrogens is 338 g/mol. The molecule has 0 aliphatic carbocycles. The van der Waals surface area contributed by atoms with Crippen LogP contribution in [0.15, 0.2) is 62.5 Å². The van der Waals surface area contributed by atoms with Gasteiger partial charge in [0.1, 0.15) is 0 Å². The zero-order valence-corrected chi connectivity index (χ0v) is 12.6. The van der Waals surface area contributed by atoms with Gasteiger partial charge in [-0.2, -0.15) is 9.55 Å². The number of benzene rings is 2. The first-order valence-electron chi connectivity index (χ1n) is 6.61. The first kappa shape index (κ1) is 15.6. The van der Waals surface area contributed by atoms with E-state index in [-0.39, 0.29) is 22.8 Å². The van der Waals surface area contributed by atoms with E-state index in [1.165, 1.54) is 42.5 Å². The number of non-ortho nitro benzene ring substituents is 1. The van der Waals surface area contributed by atoms with Gasteiger partial charge >= 0.3 is 11.4 Å². The van der Waals surface area contributed by atoms with E-state index in [0.29, 0.717) is 5.02 Å². The molecule has 24 heavy (non-hydrogen) atoms. The lowest BCUT2D eigenvalue weighted by Crippen LogP contribution is -2.33. The molecule has 0 atom stereocenters. The number of aromatic nitrogens is 2. The maximum atomic E-state index is 12.2.